The summed E-state index contributed by atoms with van der Waals surface area (Å²) in [5.41, 5.74) is 17.5. The fourth-order valence-corrected chi connectivity index (χ4v) is 2.60. The molecular weight excluding hydrogens is 296 g/mol. The van der Waals surface area contributed by atoms with E-state index in [1.165, 1.54) is 0 Å². The second-order valence-corrected chi connectivity index (χ2v) is 5.82. The van der Waals surface area contributed by atoms with Crippen LogP contribution in [-0.2, 0) is 0 Å². The van der Waals surface area contributed by atoms with Gasteiger partial charge in [-0.15, -0.1) is 0 Å². The number of anilines is 6. The van der Waals surface area contributed by atoms with E-state index in [1.54, 1.807) is 0 Å². The average molecular weight is 318 g/mol. The third-order valence-corrected chi connectivity index (χ3v) is 4.17. The molecule has 0 saturated heterocycles. The van der Waals surface area contributed by atoms with Crippen LogP contribution in [0, 0.1) is 0 Å². The van der Waals surface area contributed by atoms with Gasteiger partial charge in [-0.2, -0.15) is 0 Å². The van der Waals surface area contributed by atoms with Crippen molar-refractivity contribution in [1.29, 1.82) is 0 Å². The van der Waals surface area contributed by atoms with Crippen LogP contribution < -0.4 is 21.3 Å². The fourth-order valence-electron chi connectivity index (χ4n) is 2.60. The summed E-state index contributed by atoms with van der Waals surface area (Å²) in [5, 5.41) is 0. The summed E-state index contributed by atoms with van der Waals surface area (Å²) in [6.07, 6.45) is 0. The maximum absolute atomic E-state index is 5.77. The Morgan fingerprint density at radius 1 is 0.542 bits per heavy atom. The van der Waals surface area contributed by atoms with Crippen molar-refractivity contribution in [3.05, 3.63) is 72.8 Å². The SMILES string of the molecule is CN(c1ccc(N)cc1)c1cccc(N(C)c2ccc(N)cc2)c1. The van der Waals surface area contributed by atoms with Gasteiger partial charge in [0.1, 0.15) is 0 Å². The number of benzene rings is 3. The third-order valence-electron chi connectivity index (χ3n) is 4.17. The van der Waals surface area contributed by atoms with Crippen LogP contribution in [0.3, 0.4) is 0 Å². The molecule has 3 rings (SSSR count). The minimum absolute atomic E-state index is 0.768. The zero-order valence-electron chi connectivity index (χ0n) is 14.0. The molecule has 0 fully saturated rings. The largest absolute Gasteiger partial charge is 0.399 e. The van der Waals surface area contributed by atoms with Crippen molar-refractivity contribution < 1.29 is 0 Å². The first-order valence-corrected chi connectivity index (χ1v) is 7.83. The van der Waals surface area contributed by atoms with Gasteiger partial charge in [0.05, 0.1) is 0 Å². The zero-order chi connectivity index (χ0) is 17.1. The Kier molecular flexibility index (Phi) is 4.29. The molecule has 122 valence electrons. The van der Waals surface area contributed by atoms with E-state index in [0.717, 1.165) is 34.1 Å². The molecule has 0 radical (unpaired) electrons. The molecule has 0 spiro atoms. The molecule has 0 bridgehead atoms. The van der Waals surface area contributed by atoms with Crippen molar-refractivity contribution in [2.24, 2.45) is 0 Å². The molecule has 0 aliphatic rings. The molecule has 0 atom stereocenters. The Hall–Kier alpha value is -3.14. The molecule has 24 heavy (non-hydrogen) atoms. The summed E-state index contributed by atoms with van der Waals surface area (Å²) in [5.74, 6) is 0. The predicted octanol–water partition coefficient (Wildman–Crippen LogP) is 4.39. The van der Waals surface area contributed by atoms with Crippen LogP contribution >= 0.6 is 0 Å². The van der Waals surface area contributed by atoms with E-state index in [1.807, 2.05) is 62.6 Å². The van der Waals surface area contributed by atoms with Crippen molar-refractivity contribution in [1.82, 2.24) is 0 Å². The van der Waals surface area contributed by atoms with E-state index in [2.05, 4.69) is 34.1 Å². The Bertz CT molecular complexity index is 743. The Morgan fingerprint density at radius 2 is 0.917 bits per heavy atom. The van der Waals surface area contributed by atoms with Crippen molar-refractivity contribution in [2.75, 3.05) is 35.4 Å². The van der Waals surface area contributed by atoms with Gasteiger partial charge in [0.25, 0.3) is 0 Å². The minimum Gasteiger partial charge on any atom is -0.399 e. The minimum atomic E-state index is 0.768. The topological polar surface area (TPSA) is 58.5 Å². The molecule has 0 saturated carbocycles. The lowest BCUT2D eigenvalue weighted by Crippen LogP contribution is -2.12. The van der Waals surface area contributed by atoms with Crippen molar-refractivity contribution in [3.63, 3.8) is 0 Å². The Balaban J connectivity index is 1.88. The lowest BCUT2D eigenvalue weighted by atomic mass is 10.2. The molecular formula is C20H22N4. The lowest BCUT2D eigenvalue weighted by molar-refractivity contribution is 1.18. The summed E-state index contributed by atoms with van der Waals surface area (Å²) in [6.45, 7) is 0. The van der Waals surface area contributed by atoms with E-state index in [0.29, 0.717) is 0 Å². The molecule has 0 heterocycles. The second kappa shape index (κ2) is 6.54. The summed E-state index contributed by atoms with van der Waals surface area (Å²) in [6, 6.07) is 24.1. The number of nitrogens with two attached hydrogens (primary N) is 2. The highest BCUT2D eigenvalue weighted by atomic mass is 15.1. The number of nitrogen functional groups attached to an aromatic ring is 2. The van der Waals surface area contributed by atoms with E-state index in [-0.39, 0.29) is 0 Å². The van der Waals surface area contributed by atoms with Crippen LogP contribution in [0.25, 0.3) is 0 Å². The molecule has 0 aliphatic carbocycles. The van der Waals surface area contributed by atoms with Gasteiger partial charge in [0, 0.05) is 48.2 Å². The van der Waals surface area contributed by atoms with E-state index in [4.69, 9.17) is 11.5 Å². The normalized spacial score (nSPS) is 10.4. The molecule has 3 aromatic rings. The van der Waals surface area contributed by atoms with Crippen LogP contribution in [0.15, 0.2) is 72.8 Å². The first-order chi connectivity index (χ1) is 11.5. The smallest absolute Gasteiger partial charge is 0.0429 e. The fraction of sp³-hybridized carbons (Fsp3) is 0.100. The van der Waals surface area contributed by atoms with Gasteiger partial charge in [-0.05, 0) is 66.7 Å². The van der Waals surface area contributed by atoms with Gasteiger partial charge >= 0.3 is 0 Å². The van der Waals surface area contributed by atoms with Gasteiger partial charge in [-0.3, -0.25) is 0 Å². The van der Waals surface area contributed by atoms with Gasteiger partial charge in [-0.1, -0.05) is 6.07 Å². The number of hydrogen-bond acceptors (Lipinski definition) is 4. The van der Waals surface area contributed by atoms with Crippen LogP contribution in [0.1, 0.15) is 0 Å². The maximum Gasteiger partial charge on any atom is 0.0429 e. The molecule has 0 amide bonds. The van der Waals surface area contributed by atoms with Crippen LogP contribution in [0.5, 0.6) is 0 Å². The van der Waals surface area contributed by atoms with Gasteiger partial charge in [0.2, 0.25) is 0 Å². The molecule has 4 nitrogen and oxygen atoms in total. The highest BCUT2D eigenvalue weighted by Gasteiger charge is 2.08. The van der Waals surface area contributed by atoms with Crippen molar-refractivity contribution >= 4 is 34.1 Å². The van der Waals surface area contributed by atoms with E-state index < -0.39 is 0 Å². The highest BCUT2D eigenvalue weighted by molar-refractivity contribution is 5.71. The quantitative estimate of drug-likeness (QED) is 0.701. The molecule has 4 heteroatoms. The van der Waals surface area contributed by atoms with Gasteiger partial charge in [-0.25, -0.2) is 0 Å². The maximum atomic E-state index is 5.77. The van der Waals surface area contributed by atoms with Crippen molar-refractivity contribution in [3.8, 4) is 0 Å². The zero-order valence-corrected chi connectivity index (χ0v) is 14.0. The van der Waals surface area contributed by atoms with E-state index in [9.17, 15) is 0 Å². The Labute approximate surface area is 142 Å². The molecule has 0 aromatic heterocycles. The molecule has 0 aliphatic heterocycles. The summed E-state index contributed by atoms with van der Waals surface area (Å²) >= 11 is 0. The van der Waals surface area contributed by atoms with Crippen LogP contribution in [0.2, 0.25) is 0 Å². The molecule has 4 N–H and O–H groups in total. The predicted molar refractivity (Wildman–Crippen MR) is 104 cm³/mol. The molecule has 3 aromatic carbocycles. The first-order valence-electron chi connectivity index (χ1n) is 7.83. The Morgan fingerprint density at radius 3 is 1.29 bits per heavy atom. The van der Waals surface area contributed by atoms with Crippen LogP contribution in [-0.4, -0.2) is 14.1 Å². The van der Waals surface area contributed by atoms with Gasteiger partial charge in [0.15, 0.2) is 0 Å². The van der Waals surface area contributed by atoms with E-state index >= 15 is 0 Å². The number of nitrogens with zero attached hydrogens (tertiary/aromatic N) is 2. The second-order valence-electron chi connectivity index (χ2n) is 5.82. The van der Waals surface area contributed by atoms with Gasteiger partial charge < -0.3 is 21.3 Å². The highest BCUT2D eigenvalue weighted by Crippen LogP contribution is 2.30. The summed E-state index contributed by atoms with van der Waals surface area (Å²) in [7, 11) is 4.10. The average Bonchev–Trinajstić information content (AvgIpc) is 2.62. The summed E-state index contributed by atoms with van der Waals surface area (Å²) in [4.78, 5) is 4.28. The third kappa shape index (κ3) is 3.27. The van der Waals surface area contributed by atoms with Crippen molar-refractivity contribution in [2.45, 2.75) is 0 Å². The first kappa shape index (κ1) is 15.7. The number of hydrogen-bond donors (Lipinski definition) is 2. The lowest BCUT2D eigenvalue weighted by Gasteiger charge is -2.24. The summed E-state index contributed by atoms with van der Waals surface area (Å²) < 4.78 is 0. The monoisotopic (exact) mass is 318 g/mol. The molecule has 0 unspecified atom stereocenters. The standard InChI is InChI=1S/C20H22N4/c1-23(17-10-6-15(21)7-11-17)19-4-3-5-20(14-19)24(2)18-12-8-16(22)9-13-18/h3-14H,21-22H2,1-2H3. The van der Waals surface area contributed by atoms with Crippen LogP contribution in [0.4, 0.5) is 34.1 Å². The number of rotatable bonds is 4.